The van der Waals surface area contributed by atoms with Gasteiger partial charge in [0.15, 0.2) is 5.82 Å². The Bertz CT molecular complexity index is 832. The standard InChI is InChI=1S/C14H13FN6O2/c15-8-3-9(5-17-4-8)18-13-10(12(16)22)6-21(20-13)14-7-23-2-1-11(14)19-14/h3-6H,1-2,7H2,(H2,16,22)(H,18,20)/t14-/m0/s1. The zero-order valence-electron chi connectivity index (χ0n) is 12.0. The first kappa shape index (κ1) is 13.8. The second-order valence-electron chi connectivity index (χ2n) is 5.39. The number of ether oxygens (including phenoxy) is 1. The van der Waals surface area contributed by atoms with Crippen LogP contribution in [0.15, 0.2) is 29.6 Å². The average molecular weight is 316 g/mol. The molecule has 2 aromatic rings. The molecule has 0 aromatic carbocycles. The first-order chi connectivity index (χ1) is 11.1. The van der Waals surface area contributed by atoms with Gasteiger partial charge in [-0.25, -0.2) is 9.07 Å². The Kier molecular flexibility index (Phi) is 2.91. The molecule has 0 saturated carbocycles. The van der Waals surface area contributed by atoms with Crippen LogP contribution >= 0.6 is 0 Å². The maximum Gasteiger partial charge on any atom is 0.254 e. The van der Waals surface area contributed by atoms with E-state index in [1.54, 1.807) is 4.68 Å². The number of carbonyl (C=O) groups excluding carboxylic acids is 1. The van der Waals surface area contributed by atoms with Gasteiger partial charge in [0, 0.05) is 18.7 Å². The fraction of sp³-hybridized carbons (Fsp3) is 0.286. The molecule has 1 atom stereocenters. The normalized spacial score (nSPS) is 22.2. The molecule has 3 N–H and O–H groups in total. The number of hydrogen-bond donors (Lipinski definition) is 2. The van der Waals surface area contributed by atoms with E-state index in [1.807, 2.05) is 0 Å². The summed E-state index contributed by atoms with van der Waals surface area (Å²) in [6.45, 7) is 1.01. The summed E-state index contributed by atoms with van der Waals surface area (Å²) in [5.41, 5.74) is 6.32. The summed E-state index contributed by atoms with van der Waals surface area (Å²) in [6, 6.07) is 1.25. The van der Waals surface area contributed by atoms with Crippen molar-refractivity contribution in [1.82, 2.24) is 14.8 Å². The highest BCUT2D eigenvalue weighted by Gasteiger charge is 2.52. The van der Waals surface area contributed by atoms with Gasteiger partial charge in [-0.15, -0.1) is 0 Å². The number of nitrogens with one attached hydrogen (secondary N) is 1. The Morgan fingerprint density at radius 1 is 1.48 bits per heavy atom. The molecule has 9 heteroatoms. The van der Waals surface area contributed by atoms with Gasteiger partial charge in [0.25, 0.3) is 5.91 Å². The molecule has 1 fully saturated rings. The van der Waals surface area contributed by atoms with Crippen LogP contribution in [0.2, 0.25) is 0 Å². The molecule has 2 aliphatic heterocycles. The van der Waals surface area contributed by atoms with E-state index in [0.29, 0.717) is 18.9 Å². The van der Waals surface area contributed by atoms with Gasteiger partial charge in [-0.2, -0.15) is 5.10 Å². The van der Waals surface area contributed by atoms with Gasteiger partial charge in [-0.05, 0) is 0 Å². The number of fused-ring (bicyclic) bond motifs is 1. The number of aromatic nitrogens is 3. The minimum atomic E-state index is -0.640. The van der Waals surface area contributed by atoms with Crippen LogP contribution < -0.4 is 11.1 Å². The molecule has 1 saturated heterocycles. The first-order valence-corrected chi connectivity index (χ1v) is 7.03. The number of nitrogens with two attached hydrogens (primary N) is 1. The Labute approximate surface area is 130 Å². The molecule has 0 bridgehead atoms. The van der Waals surface area contributed by atoms with E-state index in [1.165, 1.54) is 18.5 Å². The maximum absolute atomic E-state index is 13.2. The van der Waals surface area contributed by atoms with Crippen LogP contribution in [0.1, 0.15) is 16.8 Å². The van der Waals surface area contributed by atoms with Gasteiger partial charge >= 0.3 is 0 Å². The van der Waals surface area contributed by atoms with Crippen LogP contribution in [-0.4, -0.2) is 39.6 Å². The number of aliphatic imine (C=N–C) groups is 1. The SMILES string of the molecule is NC(=O)c1cn([C@@]23COCCC2=N3)nc1Nc1cncc(F)c1. The minimum Gasteiger partial charge on any atom is -0.376 e. The highest BCUT2D eigenvalue weighted by molar-refractivity contribution is 6.04. The van der Waals surface area contributed by atoms with Crippen LogP contribution in [0.5, 0.6) is 0 Å². The molecule has 118 valence electrons. The number of hydrogen-bond acceptors (Lipinski definition) is 6. The molecule has 4 heterocycles. The third kappa shape index (κ3) is 2.25. The predicted molar refractivity (Wildman–Crippen MR) is 79.1 cm³/mol. The second kappa shape index (κ2) is 4.85. The van der Waals surface area contributed by atoms with Crippen molar-refractivity contribution in [3.8, 4) is 0 Å². The molecule has 23 heavy (non-hydrogen) atoms. The fourth-order valence-corrected chi connectivity index (χ4v) is 2.65. The molecule has 4 rings (SSSR count). The molecule has 0 unspecified atom stereocenters. The lowest BCUT2D eigenvalue weighted by molar-refractivity contribution is 0.0845. The largest absolute Gasteiger partial charge is 0.376 e. The van der Waals surface area contributed by atoms with E-state index in [2.05, 4.69) is 20.4 Å². The quantitative estimate of drug-likeness (QED) is 0.867. The summed E-state index contributed by atoms with van der Waals surface area (Å²) in [5, 5.41) is 7.22. The lowest BCUT2D eigenvalue weighted by atomic mass is 10.1. The van der Waals surface area contributed by atoms with Gasteiger partial charge in [0.05, 0.1) is 37.0 Å². The van der Waals surface area contributed by atoms with E-state index < -0.39 is 17.4 Å². The predicted octanol–water partition coefficient (Wildman–Crippen LogP) is 0.787. The summed E-state index contributed by atoms with van der Waals surface area (Å²) < 4.78 is 20.3. The Hall–Kier alpha value is -2.81. The molecular weight excluding hydrogens is 303 g/mol. The van der Waals surface area contributed by atoms with Crippen molar-refractivity contribution in [3.05, 3.63) is 36.0 Å². The van der Waals surface area contributed by atoms with Gasteiger partial charge in [-0.1, -0.05) is 0 Å². The average Bonchev–Trinajstić information content (AvgIpc) is 3.12. The van der Waals surface area contributed by atoms with Crippen LogP contribution in [-0.2, 0) is 10.4 Å². The summed E-state index contributed by atoms with van der Waals surface area (Å²) in [7, 11) is 0. The Morgan fingerprint density at radius 3 is 3.09 bits per heavy atom. The number of primary amides is 1. The number of anilines is 2. The van der Waals surface area contributed by atoms with Crippen molar-refractivity contribution in [2.24, 2.45) is 10.7 Å². The van der Waals surface area contributed by atoms with Crippen molar-refractivity contribution in [3.63, 3.8) is 0 Å². The smallest absolute Gasteiger partial charge is 0.254 e. The molecule has 1 amide bonds. The lowest BCUT2D eigenvalue weighted by Gasteiger charge is -2.20. The molecule has 2 aromatic heterocycles. The third-order valence-corrected chi connectivity index (χ3v) is 3.84. The highest BCUT2D eigenvalue weighted by atomic mass is 19.1. The van der Waals surface area contributed by atoms with E-state index in [0.717, 1.165) is 18.3 Å². The van der Waals surface area contributed by atoms with Crippen LogP contribution in [0.4, 0.5) is 15.9 Å². The Morgan fingerprint density at radius 2 is 2.35 bits per heavy atom. The van der Waals surface area contributed by atoms with Crippen molar-refractivity contribution >= 4 is 23.1 Å². The Balaban J connectivity index is 1.68. The molecule has 0 aliphatic carbocycles. The molecule has 0 spiro atoms. The van der Waals surface area contributed by atoms with Crippen molar-refractivity contribution < 1.29 is 13.9 Å². The van der Waals surface area contributed by atoms with Gasteiger partial charge < -0.3 is 15.8 Å². The summed E-state index contributed by atoms with van der Waals surface area (Å²) in [6.07, 6.45) is 4.78. The van der Waals surface area contributed by atoms with Crippen LogP contribution in [0.25, 0.3) is 0 Å². The summed E-state index contributed by atoms with van der Waals surface area (Å²) in [4.78, 5) is 19.8. The number of carbonyl (C=O) groups is 1. The topological polar surface area (TPSA) is 107 Å². The van der Waals surface area contributed by atoms with Gasteiger partial charge in [0.1, 0.15) is 11.4 Å². The van der Waals surface area contributed by atoms with E-state index >= 15 is 0 Å². The lowest BCUT2D eigenvalue weighted by Crippen LogP contribution is -2.35. The third-order valence-electron chi connectivity index (χ3n) is 3.84. The van der Waals surface area contributed by atoms with Gasteiger partial charge in [-0.3, -0.25) is 14.8 Å². The number of halogens is 1. The summed E-state index contributed by atoms with van der Waals surface area (Å²) in [5.74, 6) is -0.910. The molecule has 8 nitrogen and oxygen atoms in total. The fourth-order valence-electron chi connectivity index (χ4n) is 2.65. The van der Waals surface area contributed by atoms with E-state index in [9.17, 15) is 9.18 Å². The minimum absolute atomic E-state index is 0.190. The zero-order valence-corrected chi connectivity index (χ0v) is 12.0. The number of amides is 1. The van der Waals surface area contributed by atoms with Gasteiger partial charge in [0.2, 0.25) is 5.66 Å². The number of nitrogens with zero attached hydrogens (tertiary/aromatic N) is 4. The van der Waals surface area contributed by atoms with Crippen molar-refractivity contribution in [1.29, 1.82) is 0 Å². The first-order valence-electron chi connectivity index (χ1n) is 7.03. The van der Waals surface area contributed by atoms with Crippen molar-refractivity contribution in [2.75, 3.05) is 18.5 Å². The maximum atomic E-state index is 13.2. The second-order valence-corrected chi connectivity index (χ2v) is 5.39. The van der Waals surface area contributed by atoms with Crippen LogP contribution in [0, 0.1) is 5.82 Å². The zero-order chi connectivity index (χ0) is 16.0. The monoisotopic (exact) mass is 316 g/mol. The van der Waals surface area contributed by atoms with E-state index in [-0.39, 0.29) is 11.4 Å². The highest BCUT2D eigenvalue weighted by Crippen LogP contribution is 2.39. The molecular formula is C14H13FN6O2. The summed E-state index contributed by atoms with van der Waals surface area (Å²) >= 11 is 0. The van der Waals surface area contributed by atoms with E-state index in [4.69, 9.17) is 10.5 Å². The molecule has 2 aliphatic rings. The number of rotatable bonds is 4. The number of pyridine rings is 1. The molecule has 0 radical (unpaired) electrons. The van der Waals surface area contributed by atoms with Crippen LogP contribution in [0.3, 0.4) is 0 Å². The van der Waals surface area contributed by atoms with Crippen molar-refractivity contribution in [2.45, 2.75) is 12.1 Å².